The Hall–Kier alpha value is 0.0564. The minimum atomic E-state index is 0. The van der Waals surface area contributed by atoms with Gasteiger partial charge in [0, 0.05) is 0 Å². The molecule has 0 aromatic heterocycles. The van der Waals surface area contributed by atoms with Crippen molar-refractivity contribution >= 4 is 57.1 Å². The molecule has 1 N–H and O–H groups in total. The minimum Gasteiger partial charge on any atom is -0.691 e. The summed E-state index contributed by atoms with van der Waals surface area (Å²) in [6.07, 6.45) is 6.00. The van der Waals surface area contributed by atoms with E-state index in [9.17, 15) is 5.21 Å². The van der Waals surface area contributed by atoms with Gasteiger partial charge in [0.15, 0.2) is 5.69 Å². The number of nitrogens with one attached hydrogen (secondary N) is 1. The molecule has 0 amide bonds. The monoisotopic (exact) mass is 259 g/mol. The van der Waals surface area contributed by atoms with Gasteiger partial charge < -0.3 is 5.21 Å². The van der Waals surface area contributed by atoms with Gasteiger partial charge in [-0.1, -0.05) is 24.6 Å². The largest absolute Gasteiger partial charge is 0.691 e. The van der Waals surface area contributed by atoms with Crippen LogP contribution in [-0.2, 0) is 0 Å². The molecule has 0 bridgehead atoms. The molecule has 5 heteroatoms. The molecule has 1 aliphatic carbocycles. The normalized spacial score (nSPS) is 17.3. The summed E-state index contributed by atoms with van der Waals surface area (Å²) in [6.45, 7) is 0. The Balaban J connectivity index is 0.00000144. The number of nitrogens with zero attached hydrogens (tertiary/aromatic N) is 2. The van der Waals surface area contributed by atoms with Crippen LogP contribution in [0.3, 0.4) is 0 Å². The van der Waals surface area contributed by atoms with Gasteiger partial charge in [0.2, 0.25) is 0 Å². The van der Waals surface area contributed by atoms with E-state index in [4.69, 9.17) is 0 Å². The maximum atomic E-state index is 11.6. The quantitative estimate of drug-likeness (QED) is 0.392. The second kappa shape index (κ2) is 8.21. The van der Waals surface area contributed by atoms with Crippen molar-refractivity contribution in [2.45, 2.75) is 38.1 Å². The van der Waals surface area contributed by atoms with E-state index in [1.54, 1.807) is 12.1 Å². The molecule has 1 aromatic rings. The van der Waals surface area contributed by atoms with Gasteiger partial charge in [-0.05, 0) is 37.8 Å². The molecular formula is C12H18KN3O. The van der Waals surface area contributed by atoms with Gasteiger partial charge in [-0.2, -0.15) is 5.43 Å². The topological polar surface area (TPSA) is 50.5 Å². The molecule has 1 aromatic carbocycles. The summed E-state index contributed by atoms with van der Waals surface area (Å²) in [5, 5.41) is 15.4. The Bertz CT molecular complexity index is 350. The van der Waals surface area contributed by atoms with Gasteiger partial charge in [0.25, 0.3) is 0 Å². The Morgan fingerprint density at radius 1 is 1.12 bits per heavy atom. The van der Waals surface area contributed by atoms with Crippen LogP contribution in [0.2, 0.25) is 0 Å². The summed E-state index contributed by atoms with van der Waals surface area (Å²) in [4.78, 5) is 0.647. The minimum absolute atomic E-state index is 0. The molecule has 0 aliphatic heterocycles. The summed E-state index contributed by atoms with van der Waals surface area (Å²) in [7, 11) is 0. The second-order valence-electron chi connectivity index (χ2n) is 4.17. The molecule has 1 fully saturated rings. The first-order valence-electron chi connectivity index (χ1n) is 5.85. The maximum Gasteiger partial charge on any atom is 0.154 e. The predicted octanol–water partition coefficient (Wildman–Crippen LogP) is 2.47. The van der Waals surface area contributed by atoms with Crippen LogP contribution in [0, 0.1) is 5.21 Å². The van der Waals surface area contributed by atoms with Crippen molar-refractivity contribution in [3.63, 3.8) is 0 Å². The zero-order chi connectivity index (χ0) is 11.2. The van der Waals surface area contributed by atoms with Gasteiger partial charge in [-0.25, -0.2) is 0 Å². The molecule has 2 rings (SSSR count). The fourth-order valence-corrected chi connectivity index (χ4v) is 1.98. The summed E-state index contributed by atoms with van der Waals surface area (Å²) >= 11 is 0. The molecule has 88 valence electrons. The van der Waals surface area contributed by atoms with E-state index in [1.807, 2.05) is 18.2 Å². The van der Waals surface area contributed by atoms with E-state index in [1.165, 1.54) is 19.3 Å². The number of hydrogen-bond donors (Lipinski definition) is 1. The fraction of sp³-hybridized carbons (Fsp3) is 0.500. The van der Waals surface area contributed by atoms with E-state index < -0.39 is 0 Å². The van der Waals surface area contributed by atoms with E-state index in [-0.39, 0.29) is 51.4 Å². The van der Waals surface area contributed by atoms with Crippen molar-refractivity contribution < 1.29 is 4.86 Å². The first-order chi connectivity index (χ1) is 7.86. The van der Waals surface area contributed by atoms with E-state index in [0.29, 0.717) is 16.6 Å². The second-order valence-corrected chi connectivity index (χ2v) is 4.17. The molecule has 4 nitrogen and oxygen atoms in total. The van der Waals surface area contributed by atoms with Crippen molar-refractivity contribution in [2.24, 2.45) is 5.22 Å². The van der Waals surface area contributed by atoms with Gasteiger partial charge in [0.1, 0.15) is 6.04 Å². The van der Waals surface area contributed by atoms with Gasteiger partial charge in [0.05, 0.1) is 5.22 Å². The fourth-order valence-electron chi connectivity index (χ4n) is 1.98. The van der Waals surface area contributed by atoms with Crippen LogP contribution in [0.25, 0.3) is 0 Å². The standard InChI is InChI=1S/C12H17N3O.K.H/c16-15(12-9-5-2-6-10-12)14-13-11-7-3-1-4-8-11;;/h2,5-6,9-11,13H,1,3-4,7-8H2;;. The summed E-state index contributed by atoms with van der Waals surface area (Å²) < 4.78 is 0. The molecule has 0 radical (unpaired) electrons. The van der Waals surface area contributed by atoms with Gasteiger partial charge in [-0.15, -0.1) is 4.86 Å². The van der Waals surface area contributed by atoms with E-state index >= 15 is 0 Å². The van der Waals surface area contributed by atoms with Crippen molar-refractivity contribution in [3.8, 4) is 0 Å². The van der Waals surface area contributed by atoms with Crippen molar-refractivity contribution in [3.05, 3.63) is 35.5 Å². The van der Waals surface area contributed by atoms with E-state index in [0.717, 1.165) is 12.8 Å². The maximum absolute atomic E-state index is 11.6. The van der Waals surface area contributed by atoms with Crippen LogP contribution in [0.15, 0.2) is 35.6 Å². The average Bonchev–Trinajstić information content (AvgIpc) is 2.38. The number of hydrogen-bond acceptors (Lipinski definition) is 2. The number of benzene rings is 1. The molecule has 1 aliphatic rings. The van der Waals surface area contributed by atoms with Crippen molar-refractivity contribution in [2.75, 3.05) is 0 Å². The van der Waals surface area contributed by atoms with Crippen molar-refractivity contribution in [1.29, 1.82) is 0 Å². The van der Waals surface area contributed by atoms with Crippen LogP contribution in [0.4, 0.5) is 5.69 Å². The molecule has 0 unspecified atom stereocenters. The van der Waals surface area contributed by atoms with Crippen LogP contribution in [-0.4, -0.2) is 62.3 Å². The van der Waals surface area contributed by atoms with E-state index in [2.05, 4.69) is 10.6 Å². The number of para-hydroxylation sites is 1. The smallest absolute Gasteiger partial charge is 0.154 e. The first kappa shape index (κ1) is 15.1. The SMILES string of the molecule is [KH].[O-][N+](=NNC1CCCCC1)c1ccccc1. The molecule has 0 heterocycles. The molecule has 0 saturated heterocycles. The summed E-state index contributed by atoms with van der Waals surface area (Å²) in [5.41, 5.74) is 3.52. The third-order valence-corrected chi connectivity index (χ3v) is 2.91. The third-order valence-electron chi connectivity index (χ3n) is 2.91. The van der Waals surface area contributed by atoms with Crippen molar-refractivity contribution in [1.82, 2.24) is 5.43 Å². The molecule has 17 heavy (non-hydrogen) atoms. The molecule has 1 saturated carbocycles. The average molecular weight is 259 g/mol. The molecule has 0 atom stereocenters. The van der Waals surface area contributed by atoms with Crippen LogP contribution >= 0.6 is 0 Å². The van der Waals surface area contributed by atoms with Crippen LogP contribution in [0.1, 0.15) is 32.1 Å². The molecular weight excluding hydrogens is 241 g/mol. The number of rotatable bonds is 3. The Labute approximate surface area is 144 Å². The Morgan fingerprint density at radius 2 is 1.76 bits per heavy atom. The Morgan fingerprint density at radius 3 is 2.41 bits per heavy atom. The summed E-state index contributed by atoms with van der Waals surface area (Å²) in [5.74, 6) is 0. The third kappa shape index (κ3) is 5.05. The van der Waals surface area contributed by atoms with Crippen LogP contribution in [0.5, 0.6) is 0 Å². The van der Waals surface area contributed by atoms with Gasteiger partial charge in [-0.3, -0.25) is 0 Å². The summed E-state index contributed by atoms with van der Waals surface area (Å²) in [6, 6.07) is 9.41. The zero-order valence-electron chi connectivity index (χ0n) is 9.30. The Kier molecular flexibility index (Phi) is 7.30. The zero-order valence-corrected chi connectivity index (χ0v) is 9.30. The van der Waals surface area contributed by atoms with Gasteiger partial charge >= 0.3 is 51.4 Å². The predicted molar refractivity (Wildman–Crippen MR) is 69.3 cm³/mol. The van der Waals surface area contributed by atoms with Crippen LogP contribution < -0.4 is 5.43 Å². The first-order valence-corrected chi connectivity index (χ1v) is 5.85. The molecule has 0 spiro atoms.